The molecule has 0 bridgehead atoms. The highest BCUT2D eigenvalue weighted by molar-refractivity contribution is 7.87. The first-order chi connectivity index (χ1) is 10.0. The first kappa shape index (κ1) is 16.4. The SMILES string of the molecule is CNCC1CCN(S(=O)(=O)NCc2ncccc2C)CC1. The topological polar surface area (TPSA) is 74.3 Å². The van der Waals surface area contributed by atoms with E-state index in [0.29, 0.717) is 19.0 Å². The molecule has 0 amide bonds. The van der Waals surface area contributed by atoms with E-state index in [-0.39, 0.29) is 6.54 Å². The molecular weight excluding hydrogens is 288 g/mol. The third-order valence-electron chi connectivity index (χ3n) is 3.95. The summed E-state index contributed by atoms with van der Waals surface area (Å²) in [4.78, 5) is 4.21. The molecule has 7 heteroatoms. The van der Waals surface area contributed by atoms with Crippen LogP contribution >= 0.6 is 0 Å². The molecule has 1 aromatic heterocycles. The van der Waals surface area contributed by atoms with E-state index in [0.717, 1.165) is 30.6 Å². The van der Waals surface area contributed by atoms with E-state index in [9.17, 15) is 8.42 Å². The fourth-order valence-electron chi connectivity index (χ4n) is 2.60. The Hall–Kier alpha value is -1.02. The Labute approximate surface area is 127 Å². The molecule has 0 atom stereocenters. The number of aromatic nitrogens is 1. The molecule has 1 aliphatic heterocycles. The van der Waals surface area contributed by atoms with Gasteiger partial charge in [-0.2, -0.15) is 17.4 Å². The summed E-state index contributed by atoms with van der Waals surface area (Å²) in [7, 11) is -1.48. The molecule has 6 nitrogen and oxygen atoms in total. The van der Waals surface area contributed by atoms with Crippen molar-refractivity contribution >= 4 is 10.2 Å². The number of hydrogen-bond acceptors (Lipinski definition) is 4. The number of pyridine rings is 1. The van der Waals surface area contributed by atoms with Crippen molar-refractivity contribution in [3.63, 3.8) is 0 Å². The number of piperidine rings is 1. The molecule has 1 aromatic rings. The van der Waals surface area contributed by atoms with Gasteiger partial charge in [0, 0.05) is 19.3 Å². The van der Waals surface area contributed by atoms with Gasteiger partial charge in [0.25, 0.3) is 10.2 Å². The van der Waals surface area contributed by atoms with Crippen LogP contribution in [0.1, 0.15) is 24.1 Å². The van der Waals surface area contributed by atoms with Crippen LogP contribution in [0.5, 0.6) is 0 Å². The molecule has 0 radical (unpaired) electrons. The second-order valence-electron chi connectivity index (χ2n) is 5.49. The summed E-state index contributed by atoms with van der Waals surface area (Å²) in [5, 5.41) is 3.15. The number of rotatable bonds is 6. The Balaban J connectivity index is 1.89. The van der Waals surface area contributed by atoms with Crippen LogP contribution in [0.4, 0.5) is 0 Å². The van der Waals surface area contributed by atoms with E-state index in [2.05, 4.69) is 15.0 Å². The highest BCUT2D eigenvalue weighted by Crippen LogP contribution is 2.18. The fraction of sp³-hybridized carbons (Fsp3) is 0.643. The van der Waals surface area contributed by atoms with Gasteiger partial charge >= 0.3 is 0 Å². The highest BCUT2D eigenvalue weighted by atomic mass is 32.2. The zero-order valence-corrected chi connectivity index (χ0v) is 13.5. The summed E-state index contributed by atoms with van der Waals surface area (Å²) in [5.41, 5.74) is 1.76. The van der Waals surface area contributed by atoms with Gasteiger partial charge in [-0.05, 0) is 50.9 Å². The van der Waals surface area contributed by atoms with Crippen LogP contribution in [-0.2, 0) is 16.8 Å². The second-order valence-corrected chi connectivity index (χ2v) is 7.25. The molecular formula is C14H24N4O2S. The lowest BCUT2D eigenvalue weighted by Crippen LogP contribution is -2.45. The summed E-state index contributed by atoms with van der Waals surface area (Å²) >= 11 is 0. The summed E-state index contributed by atoms with van der Waals surface area (Å²) in [6, 6.07) is 3.78. The summed E-state index contributed by atoms with van der Waals surface area (Å²) in [6.45, 7) is 4.30. The molecule has 0 saturated carbocycles. The standard InChI is InChI=1S/C14H24N4O2S/c1-12-4-3-7-16-14(12)11-17-21(19,20)18-8-5-13(6-9-18)10-15-2/h3-4,7,13,15,17H,5-6,8-11H2,1-2H3. The maximum absolute atomic E-state index is 12.3. The molecule has 2 N–H and O–H groups in total. The molecule has 2 heterocycles. The first-order valence-electron chi connectivity index (χ1n) is 7.33. The van der Waals surface area contributed by atoms with Crippen molar-refractivity contribution in [1.29, 1.82) is 0 Å². The largest absolute Gasteiger partial charge is 0.319 e. The van der Waals surface area contributed by atoms with Crippen molar-refractivity contribution in [1.82, 2.24) is 19.3 Å². The summed E-state index contributed by atoms with van der Waals surface area (Å²) < 4.78 is 28.8. The van der Waals surface area contributed by atoms with Crippen molar-refractivity contribution in [2.45, 2.75) is 26.3 Å². The molecule has 1 saturated heterocycles. The molecule has 21 heavy (non-hydrogen) atoms. The van der Waals surface area contributed by atoms with Gasteiger partial charge in [-0.3, -0.25) is 4.98 Å². The number of nitrogens with one attached hydrogen (secondary N) is 2. The van der Waals surface area contributed by atoms with Crippen LogP contribution in [0.15, 0.2) is 18.3 Å². The van der Waals surface area contributed by atoms with E-state index in [1.807, 2.05) is 26.1 Å². The maximum atomic E-state index is 12.3. The fourth-order valence-corrected chi connectivity index (χ4v) is 3.79. The minimum atomic E-state index is -3.41. The Bertz CT molecular complexity index is 554. The first-order valence-corrected chi connectivity index (χ1v) is 8.77. The lowest BCUT2D eigenvalue weighted by molar-refractivity contribution is 0.268. The zero-order chi connectivity index (χ0) is 15.3. The van der Waals surface area contributed by atoms with E-state index in [1.54, 1.807) is 6.20 Å². The van der Waals surface area contributed by atoms with E-state index >= 15 is 0 Å². The quantitative estimate of drug-likeness (QED) is 0.809. The van der Waals surface area contributed by atoms with Crippen LogP contribution in [0.25, 0.3) is 0 Å². The smallest absolute Gasteiger partial charge is 0.279 e. The average Bonchev–Trinajstić information content (AvgIpc) is 2.47. The van der Waals surface area contributed by atoms with Gasteiger partial charge in [-0.1, -0.05) is 6.07 Å². The van der Waals surface area contributed by atoms with E-state index in [4.69, 9.17) is 0 Å². The van der Waals surface area contributed by atoms with Crippen LogP contribution in [0.3, 0.4) is 0 Å². The zero-order valence-electron chi connectivity index (χ0n) is 12.7. The molecule has 1 aliphatic rings. The molecule has 0 spiro atoms. The third kappa shape index (κ3) is 4.47. The van der Waals surface area contributed by atoms with Gasteiger partial charge in [0.15, 0.2) is 0 Å². The van der Waals surface area contributed by atoms with Crippen molar-refractivity contribution in [3.8, 4) is 0 Å². The monoisotopic (exact) mass is 312 g/mol. The normalized spacial score (nSPS) is 18.0. The highest BCUT2D eigenvalue weighted by Gasteiger charge is 2.27. The lowest BCUT2D eigenvalue weighted by Gasteiger charge is -2.31. The van der Waals surface area contributed by atoms with E-state index < -0.39 is 10.2 Å². The second kappa shape index (κ2) is 7.31. The predicted molar refractivity (Wildman–Crippen MR) is 83.0 cm³/mol. The van der Waals surface area contributed by atoms with Crippen molar-refractivity contribution in [3.05, 3.63) is 29.6 Å². The van der Waals surface area contributed by atoms with Crippen LogP contribution in [0.2, 0.25) is 0 Å². The Morgan fingerprint density at radius 1 is 1.38 bits per heavy atom. The predicted octanol–water partition coefficient (Wildman–Crippen LogP) is 0.656. The number of aryl methyl sites for hydroxylation is 1. The molecule has 2 rings (SSSR count). The maximum Gasteiger partial charge on any atom is 0.279 e. The summed E-state index contributed by atoms with van der Waals surface area (Å²) in [5.74, 6) is 0.569. The molecule has 1 fully saturated rings. The van der Waals surface area contributed by atoms with Gasteiger partial charge < -0.3 is 5.32 Å². The molecule has 0 aromatic carbocycles. The molecule has 0 aliphatic carbocycles. The van der Waals surface area contributed by atoms with Gasteiger partial charge in [-0.25, -0.2) is 0 Å². The van der Waals surface area contributed by atoms with Crippen LogP contribution in [-0.4, -0.2) is 44.4 Å². The van der Waals surface area contributed by atoms with Crippen molar-refractivity contribution < 1.29 is 8.42 Å². The average molecular weight is 312 g/mol. The lowest BCUT2D eigenvalue weighted by atomic mass is 9.98. The van der Waals surface area contributed by atoms with Gasteiger partial charge in [-0.15, -0.1) is 0 Å². The number of hydrogen-bond donors (Lipinski definition) is 2. The van der Waals surface area contributed by atoms with Gasteiger partial charge in [0.2, 0.25) is 0 Å². The van der Waals surface area contributed by atoms with Crippen LogP contribution in [0, 0.1) is 12.8 Å². The van der Waals surface area contributed by atoms with Crippen molar-refractivity contribution in [2.24, 2.45) is 5.92 Å². The van der Waals surface area contributed by atoms with Gasteiger partial charge in [0.1, 0.15) is 0 Å². The Morgan fingerprint density at radius 2 is 2.10 bits per heavy atom. The Morgan fingerprint density at radius 3 is 2.71 bits per heavy atom. The summed E-state index contributed by atoms with van der Waals surface area (Å²) in [6.07, 6.45) is 3.49. The Kier molecular flexibility index (Phi) is 5.69. The van der Waals surface area contributed by atoms with E-state index in [1.165, 1.54) is 4.31 Å². The van der Waals surface area contributed by atoms with Crippen LogP contribution < -0.4 is 10.0 Å². The third-order valence-corrected chi connectivity index (χ3v) is 5.50. The minimum Gasteiger partial charge on any atom is -0.319 e. The van der Waals surface area contributed by atoms with Gasteiger partial charge in [0.05, 0.1) is 12.2 Å². The van der Waals surface area contributed by atoms with Crippen molar-refractivity contribution in [2.75, 3.05) is 26.7 Å². The molecule has 0 unspecified atom stereocenters. The minimum absolute atomic E-state index is 0.242. The molecule has 118 valence electrons. The number of nitrogens with zero attached hydrogens (tertiary/aromatic N) is 2.